The number of carbonyl (C=O) groups is 1. The van der Waals surface area contributed by atoms with E-state index in [1.54, 1.807) is 6.07 Å². The molecular formula is C15H15BrN2OS. The summed E-state index contributed by atoms with van der Waals surface area (Å²) in [5.41, 5.74) is 8.15. The van der Waals surface area contributed by atoms with Crippen LogP contribution in [0.2, 0.25) is 0 Å². The van der Waals surface area contributed by atoms with Crippen molar-refractivity contribution in [3.8, 4) is 0 Å². The van der Waals surface area contributed by atoms with Crippen LogP contribution in [0.5, 0.6) is 0 Å². The van der Waals surface area contributed by atoms with Crippen LogP contribution in [0.15, 0.2) is 51.8 Å². The van der Waals surface area contributed by atoms with Crippen molar-refractivity contribution in [1.29, 1.82) is 0 Å². The minimum Gasteiger partial charge on any atom is -0.397 e. The Hall–Kier alpha value is -1.46. The lowest BCUT2D eigenvalue weighted by molar-refractivity contribution is -0.113. The predicted molar refractivity (Wildman–Crippen MR) is 89.1 cm³/mol. The van der Waals surface area contributed by atoms with Crippen LogP contribution >= 0.6 is 27.7 Å². The van der Waals surface area contributed by atoms with Crippen molar-refractivity contribution in [3.05, 3.63) is 52.5 Å². The van der Waals surface area contributed by atoms with Crippen LogP contribution in [-0.2, 0) is 4.79 Å². The zero-order valence-corrected chi connectivity index (χ0v) is 13.4. The maximum atomic E-state index is 11.9. The van der Waals surface area contributed by atoms with Crippen LogP contribution in [0.4, 0.5) is 11.4 Å². The summed E-state index contributed by atoms with van der Waals surface area (Å²) >= 11 is 4.87. The smallest absolute Gasteiger partial charge is 0.234 e. The van der Waals surface area contributed by atoms with E-state index >= 15 is 0 Å². The first-order valence-electron chi connectivity index (χ1n) is 6.09. The Morgan fingerprint density at radius 2 is 1.95 bits per heavy atom. The summed E-state index contributed by atoms with van der Waals surface area (Å²) in [6, 6.07) is 13.5. The number of nitrogens with one attached hydrogen (secondary N) is 1. The third kappa shape index (κ3) is 4.28. The predicted octanol–water partition coefficient (Wildman–Crippen LogP) is 4.07. The molecule has 0 heterocycles. The maximum absolute atomic E-state index is 11.9. The summed E-state index contributed by atoms with van der Waals surface area (Å²) in [6.07, 6.45) is 0. The standard InChI is InChI=1S/C15H15BrN2OS/c1-10-2-7-13(17)14(8-10)18-15(19)9-20-12-5-3-11(16)4-6-12/h2-8H,9,17H2,1H3,(H,18,19). The summed E-state index contributed by atoms with van der Waals surface area (Å²) in [4.78, 5) is 13.0. The second-order valence-electron chi connectivity index (χ2n) is 4.38. The molecule has 0 saturated heterocycles. The number of hydrogen-bond donors (Lipinski definition) is 2. The van der Waals surface area contributed by atoms with E-state index in [4.69, 9.17) is 5.73 Å². The first-order valence-corrected chi connectivity index (χ1v) is 7.87. The molecule has 0 aliphatic rings. The summed E-state index contributed by atoms with van der Waals surface area (Å²) in [7, 11) is 0. The molecule has 5 heteroatoms. The Bertz CT molecular complexity index is 614. The molecule has 2 rings (SSSR count). The molecule has 0 aliphatic carbocycles. The van der Waals surface area contributed by atoms with Gasteiger partial charge in [0.2, 0.25) is 5.91 Å². The Balaban J connectivity index is 1.92. The maximum Gasteiger partial charge on any atom is 0.234 e. The van der Waals surface area contributed by atoms with Crippen LogP contribution < -0.4 is 11.1 Å². The summed E-state index contributed by atoms with van der Waals surface area (Å²) < 4.78 is 1.03. The lowest BCUT2D eigenvalue weighted by Crippen LogP contribution is -2.15. The Morgan fingerprint density at radius 1 is 1.25 bits per heavy atom. The highest BCUT2D eigenvalue weighted by molar-refractivity contribution is 9.10. The van der Waals surface area contributed by atoms with Crippen molar-refractivity contribution in [2.24, 2.45) is 0 Å². The van der Waals surface area contributed by atoms with Gasteiger partial charge in [-0.05, 0) is 48.9 Å². The average molecular weight is 351 g/mol. The van der Waals surface area contributed by atoms with Crippen LogP contribution in [0.3, 0.4) is 0 Å². The van der Waals surface area contributed by atoms with Gasteiger partial charge < -0.3 is 11.1 Å². The molecule has 0 saturated carbocycles. The third-order valence-corrected chi connectivity index (χ3v) is 4.21. The number of aryl methyl sites for hydroxylation is 1. The molecule has 0 bridgehead atoms. The van der Waals surface area contributed by atoms with Gasteiger partial charge in [0.1, 0.15) is 0 Å². The lowest BCUT2D eigenvalue weighted by Gasteiger charge is -2.09. The fraction of sp³-hybridized carbons (Fsp3) is 0.133. The van der Waals surface area contributed by atoms with Gasteiger partial charge in [-0.25, -0.2) is 0 Å². The number of nitrogen functional groups attached to an aromatic ring is 1. The molecule has 0 atom stereocenters. The van der Waals surface area contributed by atoms with E-state index in [0.29, 0.717) is 17.1 Å². The highest BCUT2D eigenvalue weighted by Crippen LogP contribution is 2.22. The number of halogens is 1. The van der Waals surface area contributed by atoms with Crippen LogP contribution in [0.1, 0.15) is 5.56 Å². The topological polar surface area (TPSA) is 55.1 Å². The molecule has 104 valence electrons. The van der Waals surface area contributed by atoms with Gasteiger partial charge in [0.05, 0.1) is 17.1 Å². The number of amides is 1. The number of rotatable bonds is 4. The average Bonchev–Trinajstić information content (AvgIpc) is 2.42. The van der Waals surface area contributed by atoms with Crippen LogP contribution in [0, 0.1) is 6.92 Å². The van der Waals surface area contributed by atoms with Crippen molar-refractivity contribution in [3.63, 3.8) is 0 Å². The van der Waals surface area contributed by atoms with Gasteiger partial charge in [0, 0.05) is 9.37 Å². The Kier molecular flexibility index (Phi) is 5.09. The van der Waals surface area contributed by atoms with Crippen molar-refractivity contribution in [1.82, 2.24) is 0 Å². The molecule has 0 spiro atoms. The lowest BCUT2D eigenvalue weighted by atomic mass is 10.2. The summed E-state index contributed by atoms with van der Waals surface area (Å²) in [6.45, 7) is 1.96. The molecule has 3 N–H and O–H groups in total. The molecule has 2 aromatic rings. The normalized spacial score (nSPS) is 10.3. The van der Waals surface area contributed by atoms with E-state index in [1.807, 2.05) is 43.3 Å². The minimum atomic E-state index is -0.0600. The van der Waals surface area contributed by atoms with Gasteiger partial charge in [-0.1, -0.05) is 22.0 Å². The number of hydrogen-bond acceptors (Lipinski definition) is 3. The molecule has 1 amide bonds. The molecule has 0 unspecified atom stereocenters. The minimum absolute atomic E-state index is 0.0600. The third-order valence-electron chi connectivity index (χ3n) is 2.67. The van der Waals surface area contributed by atoms with Gasteiger partial charge in [-0.2, -0.15) is 0 Å². The second kappa shape index (κ2) is 6.81. The summed E-state index contributed by atoms with van der Waals surface area (Å²) in [5, 5.41) is 2.84. The molecule has 2 aromatic carbocycles. The highest BCUT2D eigenvalue weighted by Gasteiger charge is 2.06. The number of benzene rings is 2. The van der Waals surface area contributed by atoms with E-state index in [2.05, 4.69) is 21.2 Å². The fourth-order valence-corrected chi connectivity index (χ4v) is 2.61. The van der Waals surface area contributed by atoms with Crippen LogP contribution in [0.25, 0.3) is 0 Å². The zero-order valence-electron chi connectivity index (χ0n) is 11.0. The highest BCUT2D eigenvalue weighted by atomic mass is 79.9. The molecule has 0 fully saturated rings. The summed E-state index contributed by atoms with van der Waals surface area (Å²) in [5.74, 6) is 0.296. The van der Waals surface area contributed by atoms with E-state index < -0.39 is 0 Å². The number of carbonyl (C=O) groups excluding carboxylic acids is 1. The molecular weight excluding hydrogens is 336 g/mol. The van der Waals surface area contributed by atoms with Crippen LogP contribution in [-0.4, -0.2) is 11.7 Å². The van der Waals surface area contributed by atoms with Gasteiger partial charge in [-0.15, -0.1) is 11.8 Å². The molecule has 20 heavy (non-hydrogen) atoms. The first kappa shape index (κ1) is 14.9. The van der Waals surface area contributed by atoms with Crippen molar-refractivity contribution in [2.75, 3.05) is 16.8 Å². The first-order chi connectivity index (χ1) is 9.54. The number of thioether (sulfide) groups is 1. The van der Waals surface area contributed by atoms with Crippen molar-refractivity contribution < 1.29 is 4.79 Å². The molecule has 3 nitrogen and oxygen atoms in total. The second-order valence-corrected chi connectivity index (χ2v) is 6.35. The molecule has 0 aromatic heterocycles. The quantitative estimate of drug-likeness (QED) is 0.645. The largest absolute Gasteiger partial charge is 0.397 e. The van der Waals surface area contributed by atoms with E-state index in [0.717, 1.165) is 14.9 Å². The SMILES string of the molecule is Cc1ccc(N)c(NC(=O)CSc2ccc(Br)cc2)c1. The van der Waals surface area contributed by atoms with Gasteiger partial charge in [0.25, 0.3) is 0 Å². The monoisotopic (exact) mass is 350 g/mol. The van der Waals surface area contributed by atoms with E-state index in [-0.39, 0.29) is 5.91 Å². The fourth-order valence-electron chi connectivity index (χ4n) is 1.64. The zero-order chi connectivity index (χ0) is 14.5. The Labute approximate surface area is 131 Å². The van der Waals surface area contributed by atoms with E-state index in [1.165, 1.54) is 11.8 Å². The van der Waals surface area contributed by atoms with Crippen molar-refractivity contribution in [2.45, 2.75) is 11.8 Å². The molecule has 0 radical (unpaired) electrons. The van der Waals surface area contributed by atoms with E-state index in [9.17, 15) is 4.79 Å². The van der Waals surface area contributed by atoms with Gasteiger partial charge >= 0.3 is 0 Å². The van der Waals surface area contributed by atoms with Gasteiger partial charge in [0.15, 0.2) is 0 Å². The Morgan fingerprint density at radius 3 is 2.65 bits per heavy atom. The number of nitrogens with two attached hydrogens (primary N) is 1. The number of anilines is 2. The van der Waals surface area contributed by atoms with Crippen molar-refractivity contribution >= 4 is 45.0 Å². The molecule has 0 aliphatic heterocycles. The van der Waals surface area contributed by atoms with Gasteiger partial charge in [-0.3, -0.25) is 4.79 Å².